The molecule has 2 aromatic rings. The van der Waals surface area contributed by atoms with Crippen LogP contribution in [0.4, 0.5) is 0 Å². The van der Waals surface area contributed by atoms with Gasteiger partial charge in [0.2, 0.25) is 0 Å². The van der Waals surface area contributed by atoms with E-state index in [-0.39, 0.29) is 5.91 Å². The molecule has 0 aromatic heterocycles. The molecule has 4 heteroatoms. The summed E-state index contributed by atoms with van der Waals surface area (Å²) in [6.45, 7) is 4.40. The van der Waals surface area contributed by atoms with Gasteiger partial charge in [0.15, 0.2) is 0 Å². The van der Waals surface area contributed by atoms with Gasteiger partial charge in [-0.3, -0.25) is 4.79 Å². The fourth-order valence-electron chi connectivity index (χ4n) is 2.53. The van der Waals surface area contributed by atoms with Gasteiger partial charge in [0.25, 0.3) is 5.91 Å². The van der Waals surface area contributed by atoms with E-state index in [0.29, 0.717) is 12.1 Å². The summed E-state index contributed by atoms with van der Waals surface area (Å²) >= 11 is 3.45. The van der Waals surface area contributed by atoms with E-state index in [1.807, 2.05) is 25.1 Å². The van der Waals surface area contributed by atoms with Gasteiger partial charge < -0.3 is 10.6 Å². The van der Waals surface area contributed by atoms with Crippen molar-refractivity contribution in [2.24, 2.45) is 0 Å². The number of hydrogen-bond donors (Lipinski definition) is 2. The summed E-state index contributed by atoms with van der Waals surface area (Å²) < 4.78 is 1.02. The number of hydrogen-bond acceptors (Lipinski definition) is 2. The number of carbonyl (C=O) groups excluding carboxylic acids is 1. The molecule has 0 fully saturated rings. The van der Waals surface area contributed by atoms with Gasteiger partial charge in [-0.25, -0.2) is 0 Å². The Hall–Kier alpha value is -1.65. The number of nitrogens with one attached hydrogen (secondary N) is 2. The van der Waals surface area contributed by atoms with Gasteiger partial charge in [-0.2, -0.15) is 0 Å². The van der Waals surface area contributed by atoms with Gasteiger partial charge in [-0.05, 0) is 47.4 Å². The van der Waals surface area contributed by atoms with Crippen LogP contribution in [0.25, 0.3) is 0 Å². The minimum absolute atomic E-state index is 0.0378. The number of fused-ring (bicyclic) bond motifs is 1. The molecule has 0 radical (unpaired) electrons. The maximum absolute atomic E-state index is 12.2. The maximum atomic E-state index is 12.2. The molecule has 0 saturated carbocycles. The van der Waals surface area contributed by atoms with E-state index in [2.05, 4.69) is 44.8 Å². The number of carbonyl (C=O) groups is 1. The van der Waals surface area contributed by atoms with Crippen LogP contribution >= 0.6 is 15.9 Å². The first-order valence-corrected chi connectivity index (χ1v) is 7.78. The minimum Gasteiger partial charge on any atom is -0.348 e. The third kappa shape index (κ3) is 3.17. The van der Waals surface area contributed by atoms with Crippen LogP contribution in [-0.2, 0) is 19.6 Å². The zero-order valence-corrected chi connectivity index (χ0v) is 13.5. The molecule has 1 aliphatic heterocycles. The fourth-order valence-corrected chi connectivity index (χ4v) is 2.78. The molecule has 0 spiro atoms. The zero-order valence-electron chi connectivity index (χ0n) is 11.9. The third-order valence-corrected chi connectivity index (χ3v) is 4.66. The Bertz CT molecular complexity index is 697. The molecule has 0 atom stereocenters. The molecule has 0 unspecified atom stereocenters. The Morgan fingerprint density at radius 3 is 2.81 bits per heavy atom. The van der Waals surface area contributed by atoms with E-state index in [1.54, 1.807) is 0 Å². The third-order valence-electron chi connectivity index (χ3n) is 3.77. The molecule has 2 N–H and O–H groups in total. The lowest BCUT2D eigenvalue weighted by Crippen LogP contribution is -2.22. The lowest BCUT2D eigenvalue weighted by Gasteiger charge is -2.08. The van der Waals surface area contributed by atoms with Gasteiger partial charge in [0.1, 0.15) is 0 Å². The summed E-state index contributed by atoms with van der Waals surface area (Å²) in [5.41, 5.74) is 5.58. The Morgan fingerprint density at radius 1 is 1.19 bits per heavy atom. The second-order valence-corrected chi connectivity index (χ2v) is 6.21. The van der Waals surface area contributed by atoms with Crippen LogP contribution in [0, 0.1) is 6.92 Å². The van der Waals surface area contributed by atoms with E-state index in [4.69, 9.17) is 0 Å². The lowest BCUT2D eigenvalue weighted by atomic mass is 10.1. The first kappa shape index (κ1) is 14.3. The molecule has 3 nitrogen and oxygen atoms in total. The highest BCUT2D eigenvalue weighted by Crippen LogP contribution is 2.18. The second kappa shape index (κ2) is 6.00. The van der Waals surface area contributed by atoms with Gasteiger partial charge in [0, 0.05) is 29.7 Å². The van der Waals surface area contributed by atoms with Crippen LogP contribution in [0.2, 0.25) is 0 Å². The van der Waals surface area contributed by atoms with Crippen LogP contribution in [0.5, 0.6) is 0 Å². The summed E-state index contributed by atoms with van der Waals surface area (Å²) in [6.07, 6.45) is 0. The molecular formula is C17H17BrN2O. The zero-order chi connectivity index (χ0) is 14.8. The first-order valence-electron chi connectivity index (χ1n) is 6.99. The van der Waals surface area contributed by atoms with Crippen molar-refractivity contribution in [3.05, 3.63) is 68.7 Å². The lowest BCUT2D eigenvalue weighted by molar-refractivity contribution is 0.0951. The molecule has 21 heavy (non-hydrogen) atoms. The van der Waals surface area contributed by atoms with E-state index >= 15 is 0 Å². The molecule has 1 amide bonds. The van der Waals surface area contributed by atoms with Crippen molar-refractivity contribution in [1.82, 2.24) is 10.6 Å². The van der Waals surface area contributed by atoms with Gasteiger partial charge in [-0.1, -0.05) is 34.1 Å². The maximum Gasteiger partial charge on any atom is 0.251 e. The highest BCUT2D eigenvalue weighted by Gasteiger charge is 2.11. The van der Waals surface area contributed by atoms with Crippen molar-refractivity contribution in [2.75, 3.05) is 0 Å². The van der Waals surface area contributed by atoms with Crippen molar-refractivity contribution in [2.45, 2.75) is 26.6 Å². The summed E-state index contributed by atoms with van der Waals surface area (Å²) in [6, 6.07) is 12.0. The Labute approximate surface area is 132 Å². The molecule has 1 aliphatic rings. The number of amides is 1. The average Bonchev–Trinajstić information content (AvgIpc) is 2.95. The largest absolute Gasteiger partial charge is 0.348 e. The van der Waals surface area contributed by atoms with Gasteiger partial charge in [0.05, 0.1) is 0 Å². The van der Waals surface area contributed by atoms with Crippen molar-refractivity contribution in [3.63, 3.8) is 0 Å². The summed E-state index contributed by atoms with van der Waals surface area (Å²) in [5.74, 6) is -0.0378. The van der Waals surface area contributed by atoms with Crippen molar-refractivity contribution in [3.8, 4) is 0 Å². The predicted molar refractivity (Wildman–Crippen MR) is 87.0 cm³/mol. The van der Waals surface area contributed by atoms with Crippen LogP contribution in [0.1, 0.15) is 32.6 Å². The second-order valence-electron chi connectivity index (χ2n) is 5.35. The van der Waals surface area contributed by atoms with Crippen LogP contribution in [-0.4, -0.2) is 5.91 Å². The van der Waals surface area contributed by atoms with E-state index < -0.39 is 0 Å². The molecular weight excluding hydrogens is 328 g/mol. The Morgan fingerprint density at radius 2 is 2.00 bits per heavy atom. The SMILES string of the molecule is Cc1cc(C(=O)NCc2ccc3c(c2)CNC3)ccc1Br. The normalized spacial score (nSPS) is 13.0. The minimum atomic E-state index is -0.0378. The molecule has 1 heterocycles. The molecule has 3 rings (SSSR count). The van der Waals surface area contributed by atoms with E-state index in [0.717, 1.165) is 28.7 Å². The van der Waals surface area contributed by atoms with Crippen LogP contribution in [0.3, 0.4) is 0 Å². The quantitative estimate of drug-likeness (QED) is 0.896. The Balaban J connectivity index is 1.67. The standard InChI is InChI=1S/C17H17BrN2O/c1-11-6-13(4-5-16(11)18)17(21)20-8-12-2-3-14-9-19-10-15(14)7-12/h2-7,19H,8-10H2,1H3,(H,20,21). The highest BCUT2D eigenvalue weighted by atomic mass is 79.9. The monoisotopic (exact) mass is 344 g/mol. The van der Waals surface area contributed by atoms with Crippen LogP contribution in [0.15, 0.2) is 40.9 Å². The molecule has 108 valence electrons. The van der Waals surface area contributed by atoms with E-state index in [9.17, 15) is 4.79 Å². The predicted octanol–water partition coefficient (Wildman–Crippen LogP) is 3.29. The molecule has 0 bridgehead atoms. The van der Waals surface area contributed by atoms with Crippen molar-refractivity contribution in [1.29, 1.82) is 0 Å². The number of aryl methyl sites for hydroxylation is 1. The summed E-state index contributed by atoms with van der Waals surface area (Å²) in [5, 5.41) is 6.30. The van der Waals surface area contributed by atoms with Crippen molar-refractivity contribution < 1.29 is 4.79 Å². The average molecular weight is 345 g/mol. The van der Waals surface area contributed by atoms with Crippen LogP contribution < -0.4 is 10.6 Å². The number of benzene rings is 2. The fraction of sp³-hybridized carbons (Fsp3) is 0.235. The molecule has 0 saturated heterocycles. The Kier molecular flexibility index (Phi) is 4.08. The summed E-state index contributed by atoms with van der Waals surface area (Å²) in [4.78, 5) is 12.2. The summed E-state index contributed by atoms with van der Waals surface area (Å²) in [7, 11) is 0. The number of rotatable bonds is 3. The highest BCUT2D eigenvalue weighted by molar-refractivity contribution is 9.10. The first-order chi connectivity index (χ1) is 10.1. The number of halogens is 1. The molecule has 2 aromatic carbocycles. The molecule has 0 aliphatic carbocycles. The van der Waals surface area contributed by atoms with Crippen molar-refractivity contribution >= 4 is 21.8 Å². The smallest absolute Gasteiger partial charge is 0.251 e. The van der Waals surface area contributed by atoms with Gasteiger partial charge in [-0.15, -0.1) is 0 Å². The topological polar surface area (TPSA) is 41.1 Å². The van der Waals surface area contributed by atoms with Gasteiger partial charge >= 0.3 is 0 Å². The van der Waals surface area contributed by atoms with E-state index in [1.165, 1.54) is 11.1 Å².